The minimum absolute atomic E-state index is 0.0132. The third-order valence-electron chi connectivity index (χ3n) is 4.21. The number of nitrogens with two attached hydrogens (primary N) is 1. The summed E-state index contributed by atoms with van der Waals surface area (Å²) < 4.78 is 14.4. The third kappa shape index (κ3) is 1.89. The average Bonchev–Trinajstić information content (AvgIpc) is 2.80. The Morgan fingerprint density at radius 2 is 2.35 bits per heavy atom. The number of aliphatic hydroxyl groups excluding tert-OH is 1. The maximum atomic E-state index is 14.4. The summed E-state index contributed by atoms with van der Waals surface area (Å²) in [5.41, 5.74) is 7.29. The molecular weight excluding hydrogens is 257 g/mol. The maximum Gasteiger partial charge on any atom is 0.150 e. The average molecular weight is 275 g/mol. The van der Waals surface area contributed by atoms with Crippen LogP contribution in [0.4, 0.5) is 15.8 Å². The molecule has 2 atom stereocenters. The lowest BCUT2D eigenvalue weighted by Crippen LogP contribution is -2.36. The van der Waals surface area contributed by atoms with Crippen LogP contribution in [-0.4, -0.2) is 29.3 Å². The summed E-state index contributed by atoms with van der Waals surface area (Å²) in [7, 11) is 0. The second kappa shape index (κ2) is 4.90. The summed E-state index contributed by atoms with van der Waals surface area (Å²) in [5, 5.41) is 10.3. The minimum Gasteiger partial charge on any atom is -0.398 e. The van der Waals surface area contributed by atoms with E-state index in [2.05, 4.69) is 11.9 Å². The van der Waals surface area contributed by atoms with E-state index in [0.717, 1.165) is 18.4 Å². The van der Waals surface area contributed by atoms with Crippen LogP contribution in [0.5, 0.6) is 0 Å². The zero-order valence-corrected chi connectivity index (χ0v) is 11.4. The van der Waals surface area contributed by atoms with Gasteiger partial charge in [0.2, 0.25) is 0 Å². The number of aromatic nitrogens is 1. The van der Waals surface area contributed by atoms with Gasteiger partial charge in [0.25, 0.3) is 0 Å². The van der Waals surface area contributed by atoms with Crippen molar-refractivity contribution in [2.45, 2.75) is 19.4 Å². The first-order valence-electron chi connectivity index (χ1n) is 6.83. The quantitative estimate of drug-likeness (QED) is 0.825. The van der Waals surface area contributed by atoms with E-state index < -0.39 is 0 Å². The Bertz CT molecular complexity index is 646. The number of hydrogen-bond acceptors (Lipinski definition) is 4. The summed E-state index contributed by atoms with van der Waals surface area (Å²) in [4.78, 5) is 6.22. The van der Waals surface area contributed by atoms with Crippen molar-refractivity contribution in [3.05, 3.63) is 30.2 Å². The van der Waals surface area contributed by atoms with Crippen LogP contribution in [0.25, 0.3) is 10.9 Å². The molecule has 2 unspecified atom stereocenters. The fourth-order valence-corrected chi connectivity index (χ4v) is 3.06. The molecule has 1 aromatic carbocycles. The SMILES string of the molecule is CC1CCN(c2c(F)cc(N)c3cccnc23)C1CO. The van der Waals surface area contributed by atoms with Crippen molar-refractivity contribution >= 4 is 22.3 Å². The molecule has 0 radical (unpaired) electrons. The van der Waals surface area contributed by atoms with Crippen molar-refractivity contribution in [2.75, 3.05) is 23.8 Å². The predicted octanol–water partition coefficient (Wildman–Crippen LogP) is 2.16. The molecule has 0 aliphatic carbocycles. The van der Waals surface area contributed by atoms with Gasteiger partial charge in [0, 0.05) is 23.8 Å². The topological polar surface area (TPSA) is 62.4 Å². The molecule has 1 aliphatic rings. The van der Waals surface area contributed by atoms with Crippen LogP contribution in [0.15, 0.2) is 24.4 Å². The number of aliphatic hydroxyl groups is 1. The first-order valence-corrected chi connectivity index (χ1v) is 6.83. The normalized spacial score (nSPS) is 22.6. The van der Waals surface area contributed by atoms with E-state index in [1.54, 1.807) is 12.3 Å². The molecule has 2 aromatic rings. The largest absolute Gasteiger partial charge is 0.398 e. The Balaban J connectivity index is 2.21. The van der Waals surface area contributed by atoms with Gasteiger partial charge in [-0.1, -0.05) is 6.92 Å². The first kappa shape index (κ1) is 13.1. The molecule has 2 heterocycles. The van der Waals surface area contributed by atoms with Crippen LogP contribution in [-0.2, 0) is 0 Å². The predicted molar refractivity (Wildman–Crippen MR) is 78.1 cm³/mol. The molecule has 0 spiro atoms. The van der Waals surface area contributed by atoms with E-state index in [0.29, 0.717) is 22.8 Å². The highest BCUT2D eigenvalue weighted by Crippen LogP contribution is 2.37. The zero-order valence-electron chi connectivity index (χ0n) is 11.4. The molecule has 3 N–H and O–H groups in total. The number of anilines is 2. The van der Waals surface area contributed by atoms with Crippen molar-refractivity contribution in [1.29, 1.82) is 0 Å². The molecule has 3 rings (SSSR count). The molecule has 1 saturated heterocycles. The van der Waals surface area contributed by atoms with Crippen LogP contribution in [0.2, 0.25) is 0 Å². The van der Waals surface area contributed by atoms with Gasteiger partial charge in [0.15, 0.2) is 5.82 Å². The maximum absolute atomic E-state index is 14.4. The number of hydrogen-bond donors (Lipinski definition) is 2. The second-order valence-corrected chi connectivity index (χ2v) is 5.41. The van der Waals surface area contributed by atoms with Gasteiger partial charge in [-0.25, -0.2) is 4.39 Å². The fraction of sp³-hybridized carbons (Fsp3) is 0.400. The Kier molecular flexibility index (Phi) is 3.22. The van der Waals surface area contributed by atoms with Crippen molar-refractivity contribution in [3.63, 3.8) is 0 Å². The lowest BCUT2D eigenvalue weighted by molar-refractivity contribution is 0.244. The molecule has 1 aliphatic heterocycles. The number of rotatable bonds is 2. The highest BCUT2D eigenvalue weighted by atomic mass is 19.1. The summed E-state index contributed by atoms with van der Waals surface area (Å²) in [6, 6.07) is 4.90. The Labute approximate surface area is 117 Å². The summed E-state index contributed by atoms with van der Waals surface area (Å²) >= 11 is 0. The van der Waals surface area contributed by atoms with Crippen LogP contribution >= 0.6 is 0 Å². The molecule has 0 saturated carbocycles. The highest BCUT2D eigenvalue weighted by Gasteiger charge is 2.33. The van der Waals surface area contributed by atoms with E-state index in [1.807, 2.05) is 11.0 Å². The Morgan fingerprint density at radius 1 is 1.55 bits per heavy atom. The third-order valence-corrected chi connectivity index (χ3v) is 4.21. The van der Waals surface area contributed by atoms with E-state index >= 15 is 0 Å². The molecule has 5 heteroatoms. The van der Waals surface area contributed by atoms with Crippen molar-refractivity contribution < 1.29 is 9.50 Å². The van der Waals surface area contributed by atoms with E-state index in [1.165, 1.54) is 6.07 Å². The van der Waals surface area contributed by atoms with Gasteiger partial charge in [-0.15, -0.1) is 0 Å². The van der Waals surface area contributed by atoms with Crippen LogP contribution in [0.3, 0.4) is 0 Å². The standard InChI is InChI=1S/C15H18FN3O/c1-9-4-6-19(13(9)8-20)15-11(16)7-12(17)10-3-2-5-18-14(10)15/h2-3,5,7,9,13,20H,4,6,8,17H2,1H3. The molecular formula is C15H18FN3O. The van der Waals surface area contributed by atoms with Gasteiger partial charge < -0.3 is 15.7 Å². The summed E-state index contributed by atoms with van der Waals surface area (Å²) in [5.74, 6) is -0.0445. The number of nitrogen functional groups attached to an aromatic ring is 1. The van der Waals surface area contributed by atoms with Gasteiger partial charge in [-0.2, -0.15) is 0 Å². The van der Waals surface area contributed by atoms with E-state index in [-0.39, 0.29) is 18.5 Å². The Morgan fingerprint density at radius 3 is 3.10 bits per heavy atom. The molecule has 106 valence electrons. The van der Waals surface area contributed by atoms with Gasteiger partial charge in [0.1, 0.15) is 5.69 Å². The molecule has 1 aromatic heterocycles. The first-order chi connectivity index (χ1) is 9.63. The van der Waals surface area contributed by atoms with Gasteiger partial charge in [0.05, 0.1) is 18.2 Å². The molecule has 0 bridgehead atoms. The fourth-order valence-electron chi connectivity index (χ4n) is 3.06. The highest BCUT2D eigenvalue weighted by molar-refractivity contribution is 5.99. The minimum atomic E-state index is -0.374. The number of halogens is 1. The number of nitrogens with zero attached hydrogens (tertiary/aromatic N) is 2. The van der Waals surface area contributed by atoms with E-state index in [4.69, 9.17) is 5.73 Å². The monoisotopic (exact) mass is 275 g/mol. The van der Waals surface area contributed by atoms with Crippen molar-refractivity contribution in [3.8, 4) is 0 Å². The van der Waals surface area contributed by atoms with Crippen LogP contribution in [0, 0.1) is 11.7 Å². The molecule has 1 fully saturated rings. The lowest BCUT2D eigenvalue weighted by Gasteiger charge is -2.28. The van der Waals surface area contributed by atoms with Crippen LogP contribution < -0.4 is 10.6 Å². The van der Waals surface area contributed by atoms with Gasteiger partial charge >= 0.3 is 0 Å². The van der Waals surface area contributed by atoms with Gasteiger partial charge in [-0.05, 0) is 30.5 Å². The lowest BCUT2D eigenvalue weighted by atomic mass is 10.0. The second-order valence-electron chi connectivity index (χ2n) is 5.41. The summed E-state index contributed by atoms with van der Waals surface area (Å²) in [6.07, 6.45) is 2.57. The molecule has 20 heavy (non-hydrogen) atoms. The van der Waals surface area contributed by atoms with Crippen molar-refractivity contribution in [2.24, 2.45) is 5.92 Å². The van der Waals surface area contributed by atoms with Gasteiger partial charge in [-0.3, -0.25) is 4.98 Å². The number of pyridine rings is 1. The Hall–Kier alpha value is -1.88. The molecule has 4 nitrogen and oxygen atoms in total. The van der Waals surface area contributed by atoms with E-state index in [9.17, 15) is 9.50 Å². The molecule has 0 amide bonds. The zero-order chi connectivity index (χ0) is 14.3. The van der Waals surface area contributed by atoms with Crippen LogP contribution in [0.1, 0.15) is 13.3 Å². The smallest absolute Gasteiger partial charge is 0.150 e. The van der Waals surface area contributed by atoms with Crippen molar-refractivity contribution in [1.82, 2.24) is 4.98 Å². The number of benzene rings is 1. The summed E-state index contributed by atoms with van der Waals surface area (Å²) in [6.45, 7) is 2.81. The number of fused-ring (bicyclic) bond motifs is 1.